The zero-order chi connectivity index (χ0) is 10.9. The smallest absolute Gasteiger partial charge is 0.192 e. The first-order valence-electron chi connectivity index (χ1n) is 3.93. The Balaban J connectivity index is 3.22. The summed E-state index contributed by atoms with van der Waals surface area (Å²) in [7, 11) is 0. The average molecular weight is 316 g/mol. The van der Waals surface area contributed by atoms with Crippen LogP contribution in [0.3, 0.4) is 0 Å². The van der Waals surface area contributed by atoms with Gasteiger partial charge in [0.1, 0.15) is 5.82 Å². The number of hydrogen-bond acceptors (Lipinski definition) is 1. The third-order valence-corrected chi connectivity index (χ3v) is 2.41. The molecule has 0 saturated heterocycles. The maximum Gasteiger partial charge on any atom is 0.192 e. The summed E-state index contributed by atoms with van der Waals surface area (Å²) in [6.45, 7) is 3.27. The molecule has 0 N–H and O–H groups in total. The van der Waals surface area contributed by atoms with Crippen LogP contribution in [0.5, 0.6) is 5.75 Å². The van der Waals surface area contributed by atoms with E-state index in [9.17, 15) is 13.2 Å². The Morgan fingerprint density at radius 1 is 1.21 bits per heavy atom. The van der Waals surface area contributed by atoms with Gasteiger partial charge in [-0.3, -0.25) is 0 Å². The standard InChI is InChI=1S/C9H8F3IO/c1-4(2)14-9-6(11)3-5(10)8(13)7(9)12/h3-4H,1-2H3. The van der Waals surface area contributed by atoms with Crippen molar-refractivity contribution in [3.8, 4) is 5.75 Å². The first-order valence-corrected chi connectivity index (χ1v) is 5.01. The van der Waals surface area contributed by atoms with Crippen LogP contribution in [-0.2, 0) is 0 Å². The van der Waals surface area contributed by atoms with E-state index in [1.54, 1.807) is 13.8 Å². The highest BCUT2D eigenvalue weighted by molar-refractivity contribution is 14.1. The molecule has 0 atom stereocenters. The van der Waals surface area contributed by atoms with Crippen molar-refractivity contribution in [3.05, 3.63) is 27.1 Å². The fourth-order valence-corrected chi connectivity index (χ4v) is 1.29. The lowest BCUT2D eigenvalue weighted by atomic mass is 10.3. The SMILES string of the molecule is CC(C)Oc1c(F)cc(F)c(I)c1F. The van der Waals surface area contributed by atoms with E-state index in [0.717, 1.165) is 0 Å². The van der Waals surface area contributed by atoms with Crippen LogP contribution in [0.2, 0.25) is 0 Å². The molecule has 78 valence electrons. The predicted octanol–water partition coefficient (Wildman–Crippen LogP) is 3.50. The minimum atomic E-state index is -1.02. The highest BCUT2D eigenvalue weighted by Crippen LogP contribution is 2.28. The van der Waals surface area contributed by atoms with Crippen LogP contribution in [0.4, 0.5) is 13.2 Å². The Bertz CT molecular complexity index is 352. The van der Waals surface area contributed by atoms with Gasteiger partial charge in [-0.15, -0.1) is 0 Å². The Morgan fingerprint density at radius 3 is 2.29 bits per heavy atom. The van der Waals surface area contributed by atoms with Crippen LogP contribution in [0.1, 0.15) is 13.8 Å². The predicted molar refractivity (Wildman–Crippen MR) is 54.8 cm³/mol. The molecule has 0 bridgehead atoms. The molecule has 0 unspecified atom stereocenters. The molecule has 0 aliphatic carbocycles. The molecule has 5 heteroatoms. The van der Waals surface area contributed by atoms with E-state index >= 15 is 0 Å². The normalized spacial score (nSPS) is 10.8. The maximum atomic E-state index is 13.3. The van der Waals surface area contributed by atoms with Crippen molar-refractivity contribution < 1.29 is 17.9 Å². The van der Waals surface area contributed by atoms with Gasteiger partial charge in [-0.2, -0.15) is 0 Å². The Kier molecular flexibility index (Phi) is 3.63. The average Bonchev–Trinajstić information content (AvgIpc) is 2.09. The van der Waals surface area contributed by atoms with Crippen molar-refractivity contribution in [1.29, 1.82) is 0 Å². The van der Waals surface area contributed by atoms with Gasteiger partial charge in [0.25, 0.3) is 0 Å². The van der Waals surface area contributed by atoms with E-state index in [0.29, 0.717) is 6.07 Å². The molecule has 0 heterocycles. The van der Waals surface area contributed by atoms with Crippen LogP contribution in [0, 0.1) is 21.0 Å². The molecule has 1 nitrogen and oxygen atoms in total. The summed E-state index contributed by atoms with van der Waals surface area (Å²) in [5.74, 6) is -3.45. The number of ether oxygens (including phenoxy) is 1. The van der Waals surface area contributed by atoms with Gasteiger partial charge < -0.3 is 4.74 Å². The number of hydrogen-bond donors (Lipinski definition) is 0. The molecule has 0 aromatic heterocycles. The van der Waals surface area contributed by atoms with Gasteiger partial charge >= 0.3 is 0 Å². The summed E-state index contributed by atoms with van der Waals surface area (Å²) in [4.78, 5) is 0. The quantitative estimate of drug-likeness (QED) is 0.461. The van der Waals surface area contributed by atoms with Crippen LogP contribution >= 0.6 is 22.6 Å². The number of benzene rings is 1. The van der Waals surface area contributed by atoms with Crippen LogP contribution < -0.4 is 4.74 Å². The second kappa shape index (κ2) is 4.37. The summed E-state index contributed by atoms with van der Waals surface area (Å²) in [5, 5.41) is 0. The van der Waals surface area contributed by atoms with Crippen molar-refractivity contribution in [2.45, 2.75) is 20.0 Å². The Morgan fingerprint density at radius 2 is 1.79 bits per heavy atom. The molecule has 0 fully saturated rings. The first-order chi connectivity index (χ1) is 6.43. The molecule has 14 heavy (non-hydrogen) atoms. The van der Waals surface area contributed by atoms with Crippen molar-refractivity contribution in [2.75, 3.05) is 0 Å². The van der Waals surface area contributed by atoms with Gasteiger partial charge in [0.05, 0.1) is 9.67 Å². The van der Waals surface area contributed by atoms with Crippen LogP contribution in [0.25, 0.3) is 0 Å². The molecule has 0 saturated carbocycles. The molecular formula is C9H8F3IO. The lowest BCUT2D eigenvalue weighted by molar-refractivity contribution is 0.218. The summed E-state index contributed by atoms with van der Waals surface area (Å²) in [6, 6.07) is 0.614. The van der Waals surface area contributed by atoms with E-state index in [4.69, 9.17) is 4.74 Å². The van der Waals surface area contributed by atoms with Crippen molar-refractivity contribution in [3.63, 3.8) is 0 Å². The van der Waals surface area contributed by atoms with E-state index < -0.39 is 23.2 Å². The Hall–Kier alpha value is -0.460. The zero-order valence-corrected chi connectivity index (χ0v) is 9.73. The van der Waals surface area contributed by atoms with Crippen molar-refractivity contribution >= 4 is 22.6 Å². The van der Waals surface area contributed by atoms with E-state index in [1.807, 2.05) is 0 Å². The van der Waals surface area contributed by atoms with E-state index in [1.165, 1.54) is 22.6 Å². The molecule has 0 spiro atoms. The maximum absolute atomic E-state index is 13.3. The Labute approximate surface area is 93.4 Å². The topological polar surface area (TPSA) is 9.23 Å². The van der Waals surface area contributed by atoms with Gasteiger partial charge in [0.15, 0.2) is 17.4 Å². The minimum Gasteiger partial charge on any atom is -0.485 e. The molecule has 0 amide bonds. The van der Waals surface area contributed by atoms with Gasteiger partial charge in [-0.05, 0) is 36.4 Å². The monoisotopic (exact) mass is 316 g/mol. The van der Waals surface area contributed by atoms with Gasteiger partial charge in [0, 0.05) is 6.07 Å². The third kappa shape index (κ3) is 2.31. The fraction of sp³-hybridized carbons (Fsp3) is 0.333. The largest absolute Gasteiger partial charge is 0.485 e. The summed E-state index contributed by atoms with van der Waals surface area (Å²) >= 11 is 1.46. The van der Waals surface area contributed by atoms with E-state index in [-0.39, 0.29) is 9.67 Å². The highest BCUT2D eigenvalue weighted by Gasteiger charge is 2.19. The number of halogens is 4. The fourth-order valence-electron chi connectivity index (χ4n) is 0.893. The van der Waals surface area contributed by atoms with Gasteiger partial charge in [-0.1, -0.05) is 0 Å². The number of rotatable bonds is 2. The molecule has 0 aliphatic rings. The molecule has 0 aliphatic heterocycles. The molecular weight excluding hydrogens is 308 g/mol. The van der Waals surface area contributed by atoms with E-state index in [2.05, 4.69) is 0 Å². The molecule has 1 aromatic rings. The van der Waals surface area contributed by atoms with Gasteiger partial charge in [0.2, 0.25) is 0 Å². The van der Waals surface area contributed by atoms with Crippen LogP contribution in [-0.4, -0.2) is 6.10 Å². The second-order valence-electron chi connectivity index (χ2n) is 2.96. The molecule has 0 radical (unpaired) electrons. The lowest BCUT2D eigenvalue weighted by Crippen LogP contribution is -2.10. The van der Waals surface area contributed by atoms with Crippen molar-refractivity contribution in [1.82, 2.24) is 0 Å². The molecule has 1 aromatic carbocycles. The first kappa shape index (κ1) is 11.6. The zero-order valence-electron chi connectivity index (χ0n) is 7.57. The minimum absolute atomic E-state index is 0.264. The second-order valence-corrected chi connectivity index (χ2v) is 4.04. The summed E-state index contributed by atoms with van der Waals surface area (Å²) in [5.41, 5.74) is 0. The summed E-state index contributed by atoms with van der Waals surface area (Å²) in [6.07, 6.45) is -0.361. The van der Waals surface area contributed by atoms with Crippen molar-refractivity contribution in [2.24, 2.45) is 0 Å². The summed E-state index contributed by atoms with van der Waals surface area (Å²) < 4.78 is 43.8. The lowest BCUT2D eigenvalue weighted by Gasteiger charge is -2.12. The highest BCUT2D eigenvalue weighted by atomic mass is 127. The molecule has 1 rings (SSSR count). The third-order valence-electron chi connectivity index (χ3n) is 1.43. The van der Waals surface area contributed by atoms with Crippen LogP contribution in [0.15, 0.2) is 6.07 Å². The van der Waals surface area contributed by atoms with Gasteiger partial charge in [-0.25, -0.2) is 13.2 Å².